The predicted octanol–water partition coefficient (Wildman–Crippen LogP) is 2.55. The number of nitrogens with two attached hydrogens (primary N) is 1. The second-order valence-corrected chi connectivity index (χ2v) is 6.36. The van der Waals surface area contributed by atoms with Crippen molar-refractivity contribution in [1.82, 2.24) is 15.3 Å². The van der Waals surface area contributed by atoms with E-state index < -0.39 is 6.03 Å². The molecular formula is C18H17N5O2S. The van der Waals surface area contributed by atoms with E-state index in [1.165, 1.54) is 11.3 Å². The largest absolute Gasteiger partial charge is 0.352 e. The molecule has 0 aliphatic carbocycles. The topological polar surface area (TPSA) is 110 Å². The van der Waals surface area contributed by atoms with Gasteiger partial charge in [-0.3, -0.25) is 9.78 Å². The number of rotatable bonds is 6. The van der Waals surface area contributed by atoms with E-state index in [1.54, 1.807) is 18.3 Å². The highest BCUT2D eigenvalue weighted by molar-refractivity contribution is 7.13. The Kier molecular flexibility index (Phi) is 5.55. The second kappa shape index (κ2) is 8.21. The van der Waals surface area contributed by atoms with E-state index in [9.17, 15) is 9.59 Å². The van der Waals surface area contributed by atoms with E-state index in [4.69, 9.17) is 5.73 Å². The molecule has 0 spiro atoms. The summed E-state index contributed by atoms with van der Waals surface area (Å²) in [5.41, 5.74) is 8.10. The highest BCUT2D eigenvalue weighted by atomic mass is 32.1. The van der Waals surface area contributed by atoms with E-state index in [-0.39, 0.29) is 12.3 Å². The second-order valence-electron chi connectivity index (χ2n) is 5.50. The van der Waals surface area contributed by atoms with Gasteiger partial charge in [-0.15, -0.1) is 11.3 Å². The number of hydrogen-bond acceptors (Lipinski definition) is 5. The van der Waals surface area contributed by atoms with Crippen LogP contribution in [0, 0.1) is 0 Å². The number of thiazole rings is 1. The maximum Gasteiger partial charge on any atom is 0.316 e. The minimum Gasteiger partial charge on any atom is -0.352 e. The van der Waals surface area contributed by atoms with E-state index >= 15 is 0 Å². The Morgan fingerprint density at radius 3 is 2.62 bits per heavy atom. The summed E-state index contributed by atoms with van der Waals surface area (Å²) in [6.07, 6.45) is 1.93. The number of benzene rings is 1. The number of hydrogen-bond donors (Lipinski definition) is 3. The highest BCUT2D eigenvalue weighted by Crippen LogP contribution is 2.21. The Bertz CT molecular complexity index is 893. The molecule has 0 saturated heterocycles. The summed E-state index contributed by atoms with van der Waals surface area (Å²) < 4.78 is 0. The van der Waals surface area contributed by atoms with Crippen molar-refractivity contribution in [2.75, 3.05) is 5.32 Å². The molecule has 0 aliphatic rings. The van der Waals surface area contributed by atoms with Gasteiger partial charge in [-0.05, 0) is 29.8 Å². The number of carbonyl (C=O) groups excluding carboxylic acids is 2. The molecule has 132 valence electrons. The minimum atomic E-state index is -0.612. The molecule has 0 bridgehead atoms. The Morgan fingerprint density at radius 2 is 1.92 bits per heavy atom. The molecule has 0 radical (unpaired) electrons. The third kappa shape index (κ3) is 4.87. The molecule has 4 N–H and O–H groups in total. The van der Waals surface area contributed by atoms with Crippen LogP contribution in [0.5, 0.6) is 0 Å². The standard InChI is InChI=1S/C18H17N5O2S/c19-18(25)23-13-6-4-12(5-7-13)10-21-16(24)9-14-11-26-17(22-14)15-3-1-2-8-20-15/h1-8,11H,9-10H2,(H,21,24)(H3,19,23,25). The van der Waals surface area contributed by atoms with Gasteiger partial charge >= 0.3 is 6.03 Å². The lowest BCUT2D eigenvalue weighted by atomic mass is 10.2. The zero-order chi connectivity index (χ0) is 18.4. The van der Waals surface area contributed by atoms with E-state index in [0.29, 0.717) is 17.9 Å². The van der Waals surface area contributed by atoms with Crippen LogP contribution in [0.1, 0.15) is 11.3 Å². The van der Waals surface area contributed by atoms with E-state index in [1.807, 2.05) is 35.7 Å². The van der Waals surface area contributed by atoms with Gasteiger partial charge in [-0.25, -0.2) is 9.78 Å². The van der Waals surface area contributed by atoms with Gasteiger partial charge in [-0.2, -0.15) is 0 Å². The summed E-state index contributed by atoms with van der Waals surface area (Å²) in [6.45, 7) is 0.396. The molecule has 1 aromatic carbocycles. The van der Waals surface area contributed by atoms with Crippen LogP contribution in [-0.4, -0.2) is 21.9 Å². The van der Waals surface area contributed by atoms with Gasteiger partial charge in [0, 0.05) is 23.8 Å². The Balaban J connectivity index is 1.51. The summed E-state index contributed by atoms with van der Waals surface area (Å²) in [6, 6.07) is 12.1. The molecule has 0 unspecified atom stereocenters. The quantitative estimate of drug-likeness (QED) is 0.622. The number of nitrogens with zero attached hydrogens (tertiary/aromatic N) is 2. The highest BCUT2D eigenvalue weighted by Gasteiger charge is 2.09. The Labute approximate surface area is 154 Å². The third-order valence-electron chi connectivity index (χ3n) is 3.49. The Morgan fingerprint density at radius 1 is 1.12 bits per heavy atom. The number of pyridine rings is 1. The zero-order valence-corrected chi connectivity index (χ0v) is 14.6. The first kappa shape index (κ1) is 17.6. The fourth-order valence-corrected chi connectivity index (χ4v) is 3.07. The number of urea groups is 1. The smallest absolute Gasteiger partial charge is 0.316 e. The van der Waals surface area contributed by atoms with Crippen molar-refractivity contribution in [3.8, 4) is 10.7 Å². The van der Waals surface area contributed by atoms with Gasteiger partial charge in [0.2, 0.25) is 5.91 Å². The van der Waals surface area contributed by atoms with Crippen LogP contribution in [0.25, 0.3) is 10.7 Å². The molecule has 3 aromatic rings. The summed E-state index contributed by atoms with van der Waals surface area (Å²) in [5.74, 6) is -0.109. The van der Waals surface area contributed by atoms with Crippen molar-refractivity contribution in [1.29, 1.82) is 0 Å². The fourth-order valence-electron chi connectivity index (χ4n) is 2.27. The van der Waals surface area contributed by atoms with Gasteiger partial charge in [0.05, 0.1) is 17.8 Å². The summed E-state index contributed by atoms with van der Waals surface area (Å²) in [4.78, 5) is 31.6. The normalized spacial score (nSPS) is 10.3. The summed E-state index contributed by atoms with van der Waals surface area (Å²) in [5, 5.41) is 8.01. The lowest BCUT2D eigenvalue weighted by Gasteiger charge is -2.06. The lowest BCUT2D eigenvalue weighted by Crippen LogP contribution is -2.24. The molecule has 3 amide bonds. The Hall–Kier alpha value is -3.26. The van der Waals surface area contributed by atoms with Crippen LogP contribution in [0.2, 0.25) is 0 Å². The van der Waals surface area contributed by atoms with Crippen molar-refractivity contribution < 1.29 is 9.59 Å². The SMILES string of the molecule is NC(=O)Nc1ccc(CNC(=O)Cc2csc(-c3ccccn3)n2)cc1. The average Bonchev–Trinajstić information content (AvgIpc) is 3.10. The van der Waals surface area contributed by atoms with Crippen molar-refractivity contribution >= 4 is 29.0 Å². The first-order chi connectivity index (χ1) is 12.6. The number of amides is 3. The van der Waals surface area contributed by atoms with Crippen molar-refractivity contribution in [3.63, 3.8) is 0 Å². The first-order valence-electron chi connectivity index (χ1n) is 7.88. The number of nitrogens with one attached hydrogen (secondary N) is 2. The number of anilines is 1. The molecule has 2 heterocycles. The fraction of sp³-hybridized carbons (Fsp3) is 0.111. The molecule has 8 heteroatoms. The van der Waals surface area contributed by atoms with Crippen molar-refractivity contribution in [2.24, 2.45) is 5.73 Å². The van der Waals surface area contributed by atoms with E-state index in [2.05, 4.69) is 20.6 Å². The van der Waals surface area contributed by atoms with Gasteiger partial charge in [-0.1, -0.05) is 18.2 Å². The van der Waals surface area contributed by atoms with Gasteiger partial charge < -0.3 is 16.4 Å². The number of aromatic nitrogens is 2. The first-order valence-corrected chi connectivity index (χ1v) is 8.76. The molecular weight excluding hydrogens is 350 g/mol. The molecule has 3 rings (SSSR count). The van der Waals surface area contributed by atoms with Crippen LogP contribution in [-0.2, 0) is 17.8 Å². The zero-order valence-electron chi connectivity index (χ0n) is 13.8. The van der Waals surface area contributed by atoms with E-state index in [0.717, 1.165) is 16.3 Å². The summed E-state index contributed by atoms with van der Waals surface area (Å²) in [7, 11) is 0. The monoisotopic (exact) mass is 367 g/mol. The van der Waals surface area contributed by atoms with Gasteiger partial charge in [0.15, 0.2) is 0 Å². The van der Waals surface area contributed by atoms with Crippen molar-refractivity contribution in [2.45, 2.75) is 13.0 Å². The van der Waals surface area contributed by atoms with Crippen LogP contribution in [0.15, 0.2) is 54.0 Å². The van der Waals surface area contributed by atoms with Gasteiger partial charge in [0.25, 0.3) is 0 Å². The lowest BCUT2D eigenvalue weighted by molar-refractivity contribution is -0.120. The molecule has 0 fully saturated rings. The van der Waals surface area contributed by atoms with Crippen LogP contribution < -0.4 is 16.4 Å². The van der Waals surface area contributed by atoms with Crippen molar-refractivity contribution in [3.05, 3.63) is 65.3 Å². The summed E-state index contributed by atoms with van der Waals surface area (Å²) >= 11 is 1.47. The van der Waals surface area contributed by atoms with Gasteiger partial charge in [0.1, 0.15) is 5.01 Å². The number of primary amides is 1. The average molecular weight is 367 g/mol. The van der Waals surface area contributed by atoms with Crippen LogP contribution >= 0.6 is 11.3 Å². The number of carbonyl (C=O) groups is 2. The molecule has 0 atom stereocenters. The molecule has 0 saturated carbocycles. The molecule has 2 aromatic heterocycles. The minimum absolute atomic E-state index is 0.109. The maximum atomic E-state index is 12.1. The molecule has 0 aliphatic heterocycles. The van der Waals surface area contributed by atoms with Crippen LogP contribution in [0.3, 0.4) is 0 Å². The maximum absolute atomic E-state index is 12.1. The predicted molar refractivity (Wildman–Crippen MR) is 101 cm³/mol. The third-order valence-corrected chi connectivity index (χ3v) is 4.40. The van der Waals surface area contributed by atoms with Crippen LogP contribution in [0.4, 0.5) is 10.5 Å². The molecule has 7 nitrogen and oxygen atoms in total. The molecule has 26 heavy (non-hydrogen) atoms.